The normalized spacial score (nSPS) is 15.9. The van der Waals surface area contributed by atoms with Crippen molar-refractivity contribution < 1.29 is 13.9 Å². The van der Waals surface area contributed by atoms with Gasteiger partial charge in [0.15, 0.2) is 5.82 Å². The van der Waals surface area contributed by atoms with Gasteiger partial charge < -0.3 is 15.0 Å². The Bertz CT molecular complexity index is 1280. The van der Waals surface area contributed by atoms with Crippen molar-refractivity contribution in [3.63, 3.8) is 0 Å². The van der Waals surface area contributed by atoms with E-state index in [1.165, 1.54) is 22.7 Å². The molecule has 1 atom stereocenters. The molecule has 9 heteroatoms. The smallest absolute Gasteiger partial charge is 0.321 e. The molecule has 2 aromatic carbocycles. The van der Waals surface area contributed by atoms with Crippen LogP contribution in [0.1, 0.15) is 6.42 Å². The molecule has 1 saturated heterocycles. The van der Waals surface area contributed by atoms with Crippen LogP contribution in [-0.4, -0.2) is 56.8 Å². The second-order valence-corrected chi connectivity index (χ2v) is 7.61. The third-order valence-corrected chi connectivity index (χ3v) is 5.52. The van der Waals surface area contributed by atoms with E-state index in [0.29, 0.717) is 24.6 Å². The van der Waals surface area contributed by atoms with Gasteiger partial charge in [0.05, 0.1) is 11.7 Å². The molecule has 5 rings (SSSR count). The van der Waals surface area contributed by atoms with Crippen molar-refractivity contribution in [1.29, 1.82) is 0 Å². The maximum absolute atomic E-state index is 14.6. The lowest BCUT2D eigenvalue weighted by Crippen LogP contribution is -2.33. The van der Waals surface area contributed by atoms with Crippen molar-refractivity contribution in [3.8, 4) is 22.5 Å². The molecule has 32 heavy (non-hydrogen) atoms. The minimum atomic E-state index is -0.484. The van der Waals surface area contributed by atoms with Gasteiger partial charge in [-0.1, -0.05) is 30.3 Å². The number of urea groups is 1. The van der Waals surface area contributed by atoms with Crippen molar-refractivity contribution >= 4 is 17.5 Å². The SMILES string of the molecule is CO[C@@H]1CCN(C(=O)Nc2ccc(F)c(-c3nc4ncc(-c5ccccc5)cn4n3)c2)C1. The predicted octanol–water partition coefficient (Wildman–Crippen LogP) is 3.85. The third kappa shape index (κ3) is 3.90. The Hall–Kier alpha value is -3.85. The number of likely N-dealkylation sites (tertiary alicyclic amines) is 1. The van der Waals surface area contributed by atoms with E-state index in [1.54, 1.807) is 24.4 Å². The molecule has 0 spiro atoms. The second-order valence-electron chi connectivity index (χ2n) is 7.61. The number of aromatic nitrogens is 4. The number of nitrogens with one attached hydrogen (secondary N) is 1. The molecule has 0 aliphatic carbocycles. The molecule has 1 fully saturated rings. The van der Waals surface area contributed by atoms with E-state index < -0.39 is 5.82 Å². The van der Waals surface area contributed by atoms with Crippen LogP contribution in [0.5, 0.6) is 0 Å². The summed E-state index contributed by atoms with van der Waals surface area (Å²) < 4.78 is 21.4. The lowest BCUT2D eigenvalue weighted by molar-refractivity contribution is 0.111. The molecular weight excluding hydrogens is 411 g/mol. The van der Waals surface area contributed by atoms with Crippen LogP contribution in [0.4, 0.5) is 14.9 Å². The summed E-state index contributed by atoms with van der Waals surface area (Å²) in [6.45, 7) is 1.14. The summed E-state index contributed by atoms with van der Waals surface area (Å²) in [5.74, 6) is 0.0657. The zero-order valence-electron chi connectivity index (χ0n) is 17.4. The Morgan fingerprint density at radius 1 is 1.19 bits per heavy atom. The Morgan fingerprint density at radius 3 is 2.81 bits per heavy atom. The number of hydrogen-bond acceptors (Lipinski definition) is 5. The highest BCUT2D eigenvalue weighted by molar-refractivity contribution is 5.90. The number of rotatable bonds is 4. The maximum atomic E-state index is 14.6. The molecule has 0 bridgehead atoms. The number of carbonyl (C=O) groups excluding carboxylic acids is 1. The van der Waals surface area contributed by atoms with Gasteiger partial charge in [-0.2, -0.15) is 4.98 Å². The van der Waals surface area contributed by atoms with Gasteiger partial charge >= 0.3 is 6.03 Å². The number of anilines is 1. The highest BCUT2D eigenvalue weighted by atomic mass is 19.1. The Balaban J connectivity index is 1.41. The molecule has 0 radical (unpaired) electrons. The van der Waals surface area contributed by atoms with Gasteiger partial charge in [-0.25, -0.2) is 18.7 Å². The molecule has 8 nitrogen and oxygen atoms in total. The first kappa shape index (κ1) is 20.1. The first-order valence-electron chi connectivity index (χ1n) is 10.3. The van der Waals surface area contributed by atoms with Gasteiger partial charge in [0.1, 0.15) is 5.82 Å². The first-order valence-corrected chi connectivity index (χ1v) is 10.3. The van der Waals surface area contributed by atoms with Crippen LogP contribution < -0.4 is 5.32 Å². The van der Waals surface area contributed by atoms with Crippen molar-refractivity contribution in [3.05, 3.63) is 66.7 Å². The van der Waals surface area contributed by atoms with E-state index in [4.69, 9.17) is 4.74 Å². The number of methoxy groups -OCH3 is 1. The van der Waals surface area contributed by atoms with Crippen LogP contribution in [0, 0.1) is 5.82 Å². The van der Waals surface area contributed by atoms with Crippen molar-refractivity contribution in [2.45, 2.75) is 12.5 Å². The molecule has 1 aliphatic rings. The van der Waals surface area contributed by atoms with Crippen LogP contribution in [-0.2, 0) is 4.74 Å². The quantitative estimate of drug-likeness (QED) is 0.530. The van der Waals surface area contributed by atoms with Gasteiger partial charge in [-0.05, 0) is 30.2 Å². The fourth-order valence-corrected chi connectivity index (χ4v) is 3.76. The van der Waals surface area contributed by atoms with E-state index in [-0.39, 0.29) is 23.5 Å². The van der Waals surface area contributed by atoms with Gasteiger partial charge in [0.25, 0.3) is 5.78 Å². The number of hydrogen-bond donors (Lipinski definition) is 1. The number of fused-ring (bicyclic) bond motifs is 1. The van der Waals surface area contributed by atoms with Crippen LogP contribution in [0.15, 0.2) is 60.9 Å². The zero-order valence-corrected chi connectivity index (χ0v) is 17.4. The van der Waals surface area contributed by atoms with Crippen molar-refractivity contribution in [2.24, 2.45) is 0 Å². The van der Waals surface area contributed by atoms with E-state index in [1.807, 2.05) is 30.3 Å². The number of benzene rings is 2. The topological polar surface area (TPSA) is 84.6 Å². The summed E-state index contributed by atoms with van der Waals surface area (Å²) in [6, 6.07) is 13.9. The second kappa shape index (κ2) is 8.35. The average molecular weight is 432 g/mol. The molecular formula is C23H21FN6O2. The maximum Gasteiger partial charge on any atom is 0.321 e. The number of amides is 2. The molecule has 0 saturated carbocycles. The number of ether oxygens (including phenoxy) is 1. The fraction of sp³-hybridized carbons (Fsp3) is 0.217. The average Bonchev–Trinajstić information content (AvgIpc) is 3.47. The molecule has 2 amide bonds. The van der Waals surface area contributed by atoms with Gasteiger partial charge in [-0.3, -0.25) is 0 Å². The molecule has 2 aromatic heterocycles. The van der Waals surface area contributed by atoms with Gasteiger partial charge in [-0.15, -0.1) is 5.10 Å². The van der Waals surface area contributed by atoms with Gasteiger partial charge in [0.2, 0.25) is 0 Å². The molecule has 0 unspecified atom stereocenters. The summed E-state index contributed by atoms with van der Waals surface area (Å²) in [5.41, 5.74) is 2.51. The van der Waals surface area contributed by atoms with Crippen LogP contribution >= 0.6 is 0 Å². The summed E-state index contributed by atoms with van der Waals surface area (Å²) in [5, 5.41) is 7.23. The Labute approximate surface area is 183 Å². The monoisotopic (exact) mass is 432 g/mol. The van der Waals surface area contributed by atoms with E-state index in [9.17, 15) is 9.18 Å². The first-order chi connectivity index (χ1) is 15.6. The van der Waals surface area contributed by atoms with E-state index >= 15 is 0 Å². The van der Waals surface area contributed by atoms with Gasteiger partial charge in [0, 0.05) is 43.8 Å². The molecule has 4 aromatic rings. The Kier molecular flexibility index (Phi) is 5.24. The molecule has 3 heterocycles. The fourth-order valence-electron chi connectivity index (χ4n) is 3.76. The van der Waals surface area contributed by atoms with E-state index in [0.717, 1.165) is 17.5 Å². The van der Waals surface area contributed by atoms with Crippen molar-refractivity contribution in [2.75, 3.05) is 25.5 Å². The summed E-state index contributed by atoms with van der Waals surface area (Å²) in [4.78, 5) is 22.9. The number of carbonyl (C=O) groups is 1. The predicted molar refractivity (Wildman–Crippen MR) is 118 cm³/mol. The highest BCUT2D eigenvalue weighted by Crippen LogP contribution is 2.25. The summed E-state index contributed by atoms with van der Waals surface area (Å²) >= 11 is 0. The summed E-state index contributed by atoms with van der Waals surface area (Å²) in [6.07, 6.45) is 4.35. The highest BCUT2D eigenvalue weighted by Gasteiger charge is 2.26. The minimum absolute atomic E-state index is 0.0416. The minimum Gasteiger partial charge on any atom is -0.380 e. The van der Waals surface area contributed by atoms with Crippen LogP contribution in [0.2, 0.25) is 0 Å². The lowest BCUT2D eigenvalue weighted by Gasteiger charge is -2.17. The summed E-state index contributed by atoms with van der Waals surface area (Å²) in [7, 11) is 1.64. The van der Waals surface area contributed by atoms with E-state index in [2.05, 4.69) is 20.4 Å². The lowest BCUT2D eigenvalue weighted by atomic mass is 10.1. The number of halogens is 1. The molecule has 1 N–H and O–H groups in total. The Morgan fingerprint density at radius 2 is 2.03 bits per heavy atom. The molecule has 162 valence electrons. The number of nitrogens with zero attached hydrogens (tertiary/aromatic N) is 5. The largest absolute Gasteiger partial charge is 0.380 e. The van der Waals surface area contributed by atoms with Crippen LogP contribution in [0.25, 0.3) is 28.3 Å². The van der Waals surface area contributed by atoms with Crippen LogP contribution in [0.3, 0.4) is 0 Å². The molecule has 1 aliphatic heterocycles. The third-order valence-electron chi connectivity index (χ3n) is 5.52. The standard InChI is InChI=1S/C23H21FN6O2/c1-32-18-9-10-29(14-18)23(31)26-17-7-8-20(24)19(11-17)21-27-22-25-12-16(13-30(22)28-21)15-5-3-2-4-6-15/h2-8,11-13,18H,9-10,14H2,1H3,(H,26,31)/t18-/m1/s1. The van der Waals surface area contributed by atoms with Crippen molar-refractivity contribution in [1.82, 2.24) is 24.5 Å². The zero-order chi connectivity index (χ0) is 22.1.